The van der Waals surface area contributed by atoms with E-state index in [9.17, 15) is 9.90 Å². The SMILES string of the molecule is CN(C)Cc1cnc(C2(C(=O)O)CCC2)s1. The molecule has 0 amide bonds. The van der Waals surface area contributed by atoms with Gasteiger partial charge in [0.15, 0.2) is 0 Å². The standard InChI is InChI=1S/C11H16N2O2S/c1-13(2)7-8-6-12-9(16-8)11(10(14)15)4-3-5-11/h6H,3-5,7H2,1-2H3,(H,14,15). The minimum absolute atomic E-state index is 0.671. The largest absolute Gasteiger partial charge is 0.481 e. The Morgan fingerprint density at radius 3 is 2.75 bits per heavy atom. The van der Waals surface area contributed by atoms with E-state index in [1.165, 1.54) is 11.3 Å². The minimum Gasteiger partial charge on any atom is -0.481 e. The highest BCUT2D eigenvalue weighted by Gasteiger charge is 2.48. The van der Waals surface area contributed by atoms with Crippen LogP contribution in [0.5, 0.6) is 0 Å². The highest BCUT2D eigenvalue weighted by molar-refractivity contribution is 7.11. The lowest BCUT2D eigenvalue weighted by molar-refractivity contribution is -0.147. The summed E-state index contributed by atoms with van der Waals surface area (Å²) in [6, 6.07) is 0. The highest BCUT2D eigenvalue weighted by Crippen LogP contribution is 2.45. The number of aromatic nitrogens is 1. The highest BCUT2D eigenvalue weighted by atomic mass is 32.1. The Balaban J connectivity index is 2.20. The first-order valence-electron chi connectivity index (χ1n) is 5.38. The summed E-state index contributed by atoms with van der Waals surface area (Å²) in [6.07, 6.45) is 4.27. The Labute approximate surface area is 98.9 Å². The molecule has 1 aromatic rings. The number of rotatable bonds is 4. The first-order valence-corrected chi connectivity index (χ1v) is 6.19. The predicted molar refractivity (Wildman–Crippen MR) is 62.7 cm³/mol. The van der Waals surface area contributed by atoms with Gasteiger partial charge in [-0.25, -0.2) is 4.98 Å². The smallest absolute Gasteiger partial charge is 0.316 e. The van der Waals surface area contributed by atoms with Crippen LogP contribution in [-0.2, 0) is 16.8 Å². The molecule has 16 heavy (non-hydrogen) atoms. The van der Waals surface area contributed by atoms with Crippen LogP contribution in [0.25, 0.3) is 0 Å². The number of nitrogens with zero attached hydrogens (tertiary/aromatic N) is 2. The second-order valence-electron chi connectivity index (χ2n) is 4.61. The van der Waals surface area contributed by atoms with Crippen LogP contribution in [0.2, 0.25) is 0 Å². The number of carboxylic acids is 1. The fraction of sp³-hybridized carbons (Fsp3) is 0.636. The van der Waals surface area contributed by atoms with Crippen molar-refractivity contribution >= 4 is 17.3 Å². The lowest BCUT2D eigenvalue weighted by Gasteiger charge is -2.35. The zero-order chi connectivity index (χ0) is 11.8. The zero-order valence-electron chi connectivity index (χ0n) is 9.56. The van der Waals surface area contributed by atoms with Crippen LogP contribution in [0.1, 0.15) is 29.1 Å². The maximum Gasteiger partial charge on any atom is 0.316 e. The molecular weight excluding hydrogens is 224 g/mol. The molecule has 1 saturated carbocycles. The van der Waals surface area contributed by atoms with Crippen LogP contribution in [0, 0.1) is 0 Å². The molecule has 1 aromatic heterocycles. The van der Waals surface area contributed by atoms with Crippen LogP contribution in [0.3, 0.4) is 0 Å². The molecule has 0 unspecified atom stereocenters. The molecule has 1 fully saturated rings. The van der Waals surface area contributed by atoms with Gasteiger partial charge in [-0.05, 0) is 26.9 Å². The van der Waals surface area contributed by atoms with E-state index < -0.39 is 11.4 Å². The zero-order valence-corrected chi connectivity index (χ0v) is 10.4. The molecule has 1 aliphatic carbocycles. The molecule has 0 aromatic carbocycles. The van der Waals surface area contributed by atoms with E-state index in [1.807, 2.05) is 20.3 Å². The van der Waals surface area contributed by atoms with Gasteiger partial charge in [-0.1, -0.05) is 6.42 Å². The van der Waals surface area contributed by atoms with Gasteiger partial charge in [-0.15, -0.1) is 11.3 Å². The summed E-state index contributed by atoms with van der Waals surface area (Å²) >= 11 is 1.54. The van der Waals surface area contributed by atoms with E-state index in [0.717, 1.165) is 35.7 Å². The molecule has 0 bridgehead atoms. The molecule has 2 rings (SSSR count). The van der Waals surface area contributed by atoms with Crippen molar-refractivity contribution < 1.29 is 9.90 Å². The third-order valence-electron chi connectivity index (χ3n) is 3.05. The number of carboxylic acid groups (broad SMARTS) is 1. The van der Waals surface area contributed by atoms with Crippen LogP contribution >= 0.6 is 11.3 Å². The van der Waals surface area contributed by atoms with Gasteiger partial charge in [-0.2, -0.15) is 0 Å². The topological polar surface area (TPSA) is 53.4 Å². The fourth-order valence-electron chi connectivity index (χ4n) is 1.96. The number of thiazole rings is 1. The maximum atomic E-state index is 11.3. The number of aliphatic carboxylic acids is 1. The maximum absolute atomic E-state index is 11.3. The summed E-state index contributed by atoms with van der Waals surface area (Å²) in [5.41, 5.74) is -0.671. The molecule has 0 spiro atoms. The monoisotopic (exact) mass is 240 g/mol. The van der Waals surface area contributed by atoms with Crippen molar-refractivity contribution in [2.24, 2.45) is 0 Å². The van der Waals surface area contributed by atoms with E-state index in [2.05, 4.69) is 9.88 Å². The number of hydrogen-bond donors (Lipinski definition) is 1. The normalized spacial score (nSPS) is 18.4. The number of carbonyl (C=O) groups is 1. The molecule has 88 valence electrons. The second kappa shape index (κ2) is 4.14. The lowest BCUT2D eigenvalue weighted by atomic mass is 9.69. The molecule has 0 atom stereocenters. The van der Waals surface area contributed by atoms with Crippen molar-refractivity contribution in [3.63, 3.8) is 0 Å². The van der Waals surface area contributed by atoms with Crippen LogP contribution in [-0.4, -0.2) is 35.1 Å². The average molecular weight is 240 g/mol. The van der Waals surface area contributed by atoms with Crippen molar-refractivity contribution in [1.29, 1.82) is 0 Å². The van der Waals surface area contributed by atoms with Crippen LogP contribution in [0.4, 0.5) is 0 Å². The van der Waals surface area contributed by atoms with E-state index in [4.69, 9.17) is 0 Å². The van der Waals surface area contributed by atoms with Crippen molar-refractivity contribution in [2.75, 3.05) is 14.1 Å². The van der Waals surface area contributed by atoms with Crippen molar-refractivity contribution in [3.8, 4) is 0 Å². The summed E-state index contributed by atoms with van der Waals surface area (Å²) in [4.78, 5) is 18.8. The molecular formula is C11H16N2O2S. The molecule has 5 heteroatoms. The molecule has 1 N–H and O–H groups in total. The Morgan fingerprint density at radius 2 is 2.31 bits per heavy atom. The Morgan fingerprint density at radius 1 is 1.62 bits per heavy atom. The molecule has 0 saturated heterocycles. The molecule has 0 radical (unpaired) electrons. The predicted octanol–water partition coefficient (Wildman–Crippen LogP) is 1.71. The van der Waals surface area contributed by atoms with Gasteiger partial charge in [0.2, 0.25) is 0 Å². The lowest BCUT2D eigenvalue weighted by Crippen LogP contribution is -2.42. The van der Waals surface area contributed by atoms with Gasteiger partial charge in [-0.3, -0.25) is 4.79 Å². The van der Waals surface area contributed by atoms with Crippen molar-refractivity contribution in [3.05, 3.63) is 16.1 Å². The average Bonchev–Trinajstić information content (AvgIpc) is 2.49. The quantitative estimate of drug-likeness (QED) is 0.870. The van der Waals surface area contributed by atoms with E-state index in [-0.39, 0.29) is 0 Å². The van der Waals surface area contributed by atoms with E-state index in [0.29, 0.717) is 0 Å². The molecule has 1 aliphatic rings. The molecule has 1 heterocycles. The van der Waals surface area contributed by atoms with Crippen molar-refractivity contribution in [2.45, 2.75) is 31.2 Å². The van der Waals surface area contributed by atoms with Gasteiger partial charge in [0, 0.05) is 17.6 Å². The Hall–Kier alpha value is -0.940. The minimum atomic E-state index is -0.718. The van der Waals surface area contributed by atoms with Gasteiger partial charge in [0.05, 0.1) is 0 Å². The van der Waals surface area contributed by atoms with Gasteiger partial charge >= 0.3 is 5.97 Å². The fourth-order valence-corrected chi connectivity index (χ4v) is 3.23. The number of hydrogen-bond acceptors (Lipinski definition) is 4. The van der Waals surface area contributed by atoms with Gasteiger partial charge in [0.1, 0.15) is 10.4 Å². The summed E-state index contributed by atoms with van der Waals surface area (Å²) in [6.45, 7) is 0.827. The van der Waals surface area contributed by atoms with Gasteiger partial charge in [0.25, 0.3) is 0 Å². The summed E-state index contributed by atoms with van der Waals surface area (Å²) in [5.74, 6) is -0.718. The van der Waals surface area contributed by atoms with Crippen LogP contribution in [0.15, 0.2) is 6.20 Å². The summed E-state index contributed by atoms with van der Waals surface area (Å²) in [5, 5.41) is 10.1. The van der Waals surface area contributed by atoms with Gasteiger partial charge < -0.3 is 10.0 Å². The summed E-state index contributed by atoms with van der Waals surface area (Å²) in [7, 11) is 3.99. The van der Waals surface area contributed by atoms with E-state index >= 15 is 0 Å². The first-order chi connectivity index (χ1) is 7.54. The molecule has 0 aliphatic heterocycles. The third kappa shape index (κ3) is 1.85. The Kier molecular flexibility index (Phi) is 2.99. The third-order valence-corrected chi connectivity index (χ3v) is 4.24. The summed E-state index contributed by atoms with van der Waals surface area (Å²) < 4.78 is 0. The van der Waals surface area contributed by atoms with E-state index in [1.54, 1.807) is 0 Å². The molecule has 4 nitrogen and oxygen atoms in total. The first kappa shape index (κ1) is 11.5. The Bertz CT molecular complexity index is 396. The van der Waals surface area contributed by atoms with Crippen LogP contribution < -0.4 is 0 Å². The van der Waals surface area contributed by atoms with Crippen molar-refractivity contribution in [1.82, 2.24) is 9.88 Å². The second-order valence-corrected chi connectivity index (χ2v) is 5.73.